The fourth-order valence-electron chi connectivity index (χ4n) is 14.8. The van der Waals surface area contributed by atoms with Crippen LogP contribution in [0, 0.1) is 6.92 Å². The number of anilines is 3. The summed E-state index contributed by atoms with van der Waals surface area (Å²) in [7, 11) is 0. The Labute approximate surface area is 450 Å². The molecule has 0 bridgehead atoms. The lowest BCUT2D eigenvalue weighted by molar-refractivity contribution is 0.768. The van der Waals surface area contributed by atoms with Gasteiger partial charge in [-0.15, -0.1) is 0 Å². The van der Waals surface area contributed by atoms with Gasteiger partial charge in [0.15, 0.2) is 0 Å². The van der Waals surface area contributed by atoms with Gasteiger partial charge in [0, 0.05) is 23.0 Å². The van der Waals surface area contributed by atoms with Crippen LogP contribution in [0.3, 0.4) is 0 Å². The molecule has 1 nitrogen and oxygen atoms in total. The molecule has 16 rings (SSSR count). The second-order valence-electron chi connectivity index (χ2n) is 21.4. The Morgan fingerprint density at radius 2 is 0.571 bits per heavy atom. The van der Waals surface area contributed by atoms with E-state index in [0.717, 1.165) is 17.1 Å². The molecule has 0 heterocycles. The number of rotatable bonds is 7. The van der Waals surface area contributed by atoms with Gasteiger partial charge in [-0.05, 0) is 166 Å². The average Bonchev–Trinajstić information content (AvgIpc) is 4.40. The first-order valence-electron chi connectivity index (χ1n) is 27.1. The zero-order valence-corrected chi connectivity index (χ0v) is 42.7. The molecule has 4 aliphatic rings. The highest BCUT2D eigenvalue weighted by atomic mass is 15.1. The van der Waals surface area contributed by atoms with E-state index in [2.05, 4.69) is 297 Å². The lowest BCUT2D eigenvalue weighted by Gasteiger charge is -2.35. The highest BCUT2D eigenvalue weighted by molar-refractivity contribution is 5.97. The maximum absolute atomic E-state index is 2.57. The van der Waals surface area contributed by atoms with Gasteiger partial charge in [-0.25, -0.2) is 0 Å². The van der Waals surface area contributed by atoms with Crippen molar-refractivity contribution >= 4 is 17.1 Å². The topological polar surface area (TPSA) is 3.24 Å². The molecule has 0 N–H and O–H groups in total. The van der Waals surface area contributed by atoms with E-state index in [1.54, 1.807) is 0 Å². The quantitative estimate of drug-likeness (QED) is 0.154. The van der Waals surface area contributed by atoms with Gasteiger partial charge in [0.2, 0.25) is 0 Å². The second kappa shape index (κ2) is 16.7. The molecule has 0 saturated heterocycles. The van der Waals surface area contributed by atoms with Crippen LogP contribution in [0.1, 0.15) is 72.7 Å². The summed E-state index contributed by atoms with van der Waals surface area (Å²) >= 11 is 0. The molecule has 1 spiro atoms. The van der Waals surface area contributed by atoms with Crippen LogP contribution in [0.25, 0.3) is 55.6 Å². The monoisotopic (exact) mass is 977 g/mol. The molecule has 0 amide bonds. The van der Waals surface area contributed by atoms with E-state index in [4.69, 9.17) is 0 Å². The molecule has 77 heavy (non-hydrogen) atoms. The van der Waals surface area contributed by atoms with Crippen LogP contribution in [0.4, 0.5) is 17.1 Å². The van der Waals surface area contributed by atoms with Crippen molar-refractivity contribution in [2.24, 2.45) is 0 Å². The van der Waals surface area contributed by atoms with E-state index in [9.17, 15) is 0 Å². The Kier molecular flexibility index (Phi) is 9.51. The normalized spacial score (nSPS) is 14.9. The van der Waals surface area contributed by atoms with Crippen LogP contribution in [0.2, 0.25) is 0 Å². The fourth-order valence-corrected chi connectivity index (χ4v) is 14.8. The van der Waals surface area contributed by atoms with E-state index < -0.39 is 10.8 Å². The number of nitrogens with zero attached hydrogens (tertiary/aromatic N) is 1. The Morgan fingerprint density at radius 3 is 1.05 bits per heavy atom. The molecule has 0 fully saturated rings. The molecular formula is C76H51N. The predicted molar refractivity (Wildman–Crippen MR) is 318 cm³/mol. The van der Waals surface area contributed by atoms with Crippen molar-refractivity contribution in [1.29, 1.82) is 0 Å². The van der Waals surface area contributed by atoms with Gasteiger partial charge in [-0.3, -0.25) is 0 Å². The summed E-state index contributed by atoms with van der Waals surface area (Å²) in [6.45, 7) is 2.24. The summed E-state index contributed by atoms with van der Waals surface area (Å²) in [5, 5.41) is 0. The third-order valence-electron chi connectivity index (χ3n) is 17.8. The minimum Gasteiger partial charge on any atom is -0.310 e. The Hall–Kier alpha value is -9.56. The molecule has 1 atom stereocenters. The number of hydrogen-bond acceptors (Lipinski definition) is 1. The van der Waals surface area contributed by atoms with Crippen molar-refractivity contribution in [2.45, 2.75) is 23.7 Å². The molecule has 0 aromatic heterocycles. The molecule has 0 radical (unpaired) electrons. The van der Waals surface area contributed by atoms with E-state index >= 15 is 0 Å². The van der Waals surface area contributed by atoms with Crippen LogP contribution >= 0.6 is 0 Å². The average molecular weight is 978 g/mol. The molecule has 0 saturated carbocycles. The number of fused-ring (bicyclic) bond motifs is 16. The summed E-state index contributed by atoms with van der Waals surface area (Å²) in [6.07, 6.45) is 0. The smallest absolute Gasteiger partial charge is 0.0726 e. The zero-order valence-electron chi connectivity index (χ0n) is 42.7. The maximum Gasteiger partial charge on any atom is 0.0726 e. The summed E-state index contributed by atoms with van der Waals surface area (Å²) in [5.74, 6) is 0.0152. The summed E-state index contributed by atoms with van der Waals surface area (Å²) < 4.78 is 0. The van der Waals surface area contributed by atoms with Gasteiger partial charge in [0.1, 0.15) is 0 Å². The van der Waals surface area contributed by atoms with E-state index in [1.165, 1.54) is 122 Å². The second-order valence-corrected chi connectivity index (χ2v) is 21.4. The van der Waals surface area contributed by atoms with Crippen LogP contribution in [0.15, 0.2) is 285 Å². The maximum atomic E-state index is 2.57. The van der Waals surface area contributed by atoms with Crippen molar-refractivity contribution in [3.8, 4) is 55.6 Å². The molecule has 1 unspecified atom stereocenters. The van der Waals surface area contributed by atoms with Gasteiger partial charge in [-0.2, -0.15) is 0 Å². The highest BCUT2D eigenvalue weighted by Crippen LogP contribution is 2.64. The van der Waals surface area contributed by atoms with Crippen LogP contribution < -0.4 is 4.90 Å². The summed E-state index contributed by atoms with van der Waals surface area (Å²) in [4.78, 5) is 2.57. The number of hydrogen-bond donors (Lipinski definition) is 0. The van der Waals surface area contributed by atoms with Gasteiger partial charge in [0.25, 0.3) is 0 Å². The van der Waals surface area contributed by atoms with Gasteiger partial charge in [0.05, 0.1) is 10.8 Å². The Bertz CT molecular complexity index is 4160. The fraction of sp³-hybridized carbons (Fsp3) is 0.0526. The predicted octanol–water partition coefficient (Wildman–Crippen LogP) is 19.0. The highest BCUT2D eigenvalue weighted by Gasteiger charge is 2.52. The lowest BCUT2D eigenvalue weighted by atomic mass is 9.67. The van der Waals surface area contributed by atoms with Gasteiger partial charge < -0.3 is 4.90 Å². The minimum atomic E-state index is -0.568. The van der Waals surface area contributed by atoms with Crippen molar-refractivity contribution in [3.63, 3.8) is 0 Å². The number of aryl methyl sites for hydroxylation is 1. The minimum absolute atomic E-state index is 0.0152. The molecule has 4 aliphatic carbocycles. The third-order valence-corrected chi connectivity index (χ3v) is 17.8. The summed E-state index contributed by atoms with van der Waals surface area (Å²) in [6, 6.07) is 108. The zero-order chi connectivity index (χ0) is 50.8. The first-order chi connectivity index (χ1) is 38.1. The molecular weight excluding hydrogens is 927 g/mol. The first kappa shape index (κ1) is 43.8. The van der Waals surface area contributed by atoms with E-state index in [-0.39, 0.29) is 5.92 Å². The molecule has 12 aromatic carbocycles. The Morgan fingerprint density at radius 1 is 0.247 bits per heavy atom. The molecule has 360 valence electrons. The van der Waals surface area contributed by atoms with Gasteiger partial charge >= 0.3 is 0 Å². The standard InChI is InChI=1S/C76H51N/c1-49-22-8-9-27-55(49)56-28-10-12-34-65(56)74-66-35-13-11-29-57(66)58-43-40-52(46-67(58)74)77(53-41-44-63-61-32-14-18-36-68(61)75(72(63)47-53,50-23-4-2-5-24-50)51-25-6-3-7-26-51)54-42-45-64-62-33-17-21-39-71(62)76(73(64)48-54)69-37-19-15-30-59(69)60-31-16-20-38-70(60)76/h2-48,74H,1H3. The summed E-state index contributed by atoms with van der Waals surface area (Å²) in [5.41, 5.74) is 30.8. The van der Waals surface area contributed by atoms with Crippen molar-refractivity contribution < 1.29 is 0 Å². The van der Waals surface area contributed by atoms with E-state index in [1.807, 2.05) is 0 Å². The largest absolute Gasteiger partial charge is 0.310 e. The van der Waals surface area contributed by atoms with Gasteiger partial charge in [-0.1, -0.05) is 249 Å². The SMILES string of the molecule is Cc1ccccc1-c1ccccc1C1c2ccccc2-c2ccc(N(c3ccc4c(c3)C(c3ccccc3)(c3ccccc3)c3ccccc3-4)c3ccc4c(c3)C3(c5ccccc5-c5ccccc53)c3ccccc3-4)cc21. The van der Waals surface area contributed by atoms with Crippen LogP contribution in [0.5, 0.6) is 0 Å². The van der Waals surface area contributed by atoms with Crippen molar-refractivity contribution in [2.75, 3.05) is 4.90 Å². The third kappa shape index (κ3) is 6.00. The van der Waals surface area contributed by atoms with Crippen LogP contribution in [-0.2, 0) is 10.8 Å². The first-order valence-corrected chi connectivity index (χ1v) is 27.1. The number of benzene rings is 12. The Balaban J connectivity index is 0.976. The van der Waals surface area contributed by atoms with Crippen molar-refractivity contribution in [1.82, 2.24) is 0 Å². The lowest BCUT2D eigenvalue weighted by Crippen LogP contribution is -2.28. The van der Waals surface area contributed by atoms with Crippen LogP contribution in [-0.4, -0.2) is 0 Å². The molecule has 12 aromatic rings. The van der Waals surface area contributed by atoms with E-state index in [0.29, 0.717) is 0 Å². The van der Waals surface area contributed by atoms with Crippen molar-refractivity contribution in [3.05, 3.63) is 352 Å². The molecule has 0 aliphatic heterocycles. The molecule has 1 heteroatoms.